The maximum Gasteiger partial charge on any atom is 0.255 e. The number of piperidine rings is 1. The lowest BCUT2D eigenvalue weighted by Gasteiger charge is -2.32. The van der Waals surface area contributed by atoms with Crippen LogP contribution in [0.5, 0.6) is 0 Å². The van der Waals surface area contributed by atoms with Gasteiger partial charge in [0.1, 0.15) is 5.82 Å². The molecule has 0 aliphatic carbocycles. The van der Waals surface area contributed by atoms with Crippen LogP contribution in [0, 0.1) is 11.7 Å². The van der Waals surface area contributed by atoms with E-state index in [0.29, 0.717) is 16.0 Å². The van der Waals surface area contributed by atoms with E-state index in [1.165, 1.54) is 12.1 Å². The van der Waals surface area contributed by atoms with Gasteiger partial charge in [-0.3, -0.25) is 4.79 Å². The number of nitrogens with one attached hydrogen (secondary N) is 1. The molecule has 0 saturated carbocycles. The standard InChI is InChI=1S/C15H20BrFN2O.ClH/c1-2-18-10-11-5-7-19(8-6-11)15(20)13-9-12(17)3-4-14(13)16;/h3-4,9,11,18H,2,5-8,10H2,1H3;1H. The molecule has 1 aromatic carbocycles. The Balaban J connectivity index is 0.00000220. The summed E-state index contributed by atoms with van der Waals surface area (Å²) < 4.78 is 13.9. The van der Waals surface area contributed by atoms with E-state index < -0.39 is 0 Å². The van der Waals surface area contributed by atoms with Crippen molar-refractivity contribution in [3.8, 4) is 0 Å². The van der Waals surface area contributed by atoms with Gasteiger partial charge in [-0.15, -0.1) is 12.4 Å². The first-order valence-electron chi connectivity index (χ1n) is 7.07. The molecule has 0 aromatic heterocycles. The van der Waals surface area contributed by atoms with Crippen molar-refractivity contribution < 1.29 is 9.18 Å². The van der Waals surface area contributed by atoms with Crippen molar-refractivity contribution >= 4 is 34.2 Å². The molecule has 21 heavy (non-hydrogen) atoms. The molecule has 118 valence electrons. The maximum atomic E-state index is 13.3. The zero-order chi connectivity index (χ0) is 14.5. The second kappa shape index (κ2) is 8.71. The highest BCUT2D eigenvalue weighted by Crippen LogP contribution is 2.23. The summed E-state index contributed by atoms with van der Waals surface area (Å²) in [6.07, 6.45) is 2.01. The highest BCUT2D eigenvalue weighted by Gasteiger charge is 2.24. The molecular formula is C15H21BrClFN2O. The van der Waals surface area contributed by atoms with Crippen LogP contribution in [0.15, 0.2) is 22.7 Å². The van der Waals surface area contributed by atoms with Gasteiger partial charge in [0.15, 0.2) is 0 Å². The molecule has 1 N–H and O–H groups in total. The molecule has 2 rings (SSSR count). The molecule has 1 saturated heterocycles. The highest BCUT2D eigenvalue weighted by molar-refractivity contribution is 9.10. The molecule has 1 fully saturated rings. The number of amides is 1. The summed E-state index contributed by atoms with van der Waals surface area (Å²) in [5, 5.41) is 3.35. The van der Waals surface area contributed by atoms with Crippen LogP contribution in [-0.2, 0) is 0 Å². The fourth-order valence-corrected chi connectivity index (χ4v) is 2.94. The monoisotopic (exact) mass is 378 g/mol. The van der Waals surface area contributed by atoms with Gasteiger partial charge < -0.3 is 10.2 Å². The van der Waals surface area contributed by atoms with Crippen LogP contribution in [0.2, 0.25) is 0 Å². The average molecular weight is 380 g/mol. The normalized spacial score (nSPS) is 15.7. The summed E-state index contributed by atoms with van der Waals surface area (Å²) >= 11 is 3.32. The summed E-state index contributed by atoms with van der Waals surface area (Å²) in [6.45, 7) is 5.59. The van der Waals surface area contributed by atoms with E-state index in [1.54, 1.807) is 6.07 Å². The van der Waals surface area contributed by atoms with E-state index in [1.807, 2.05) is 4.90 Å². The first-order chi connectivity index (χ1) is 9.61. The number of carbonyl (C=O) groups is 1. The van der Waals surface area contributed by atoms with Gasteiger partial charge in [0, 0.05) is 17.6 Å². The van der Waals surface area contributed by atoms with Crippen LogP contribution in [0.25, 0.3) is 0 Å². The first-order valence-corrected chi connectivity index (χ1v) is 7.86. The highest BCUT2D eigenvalue weighted by atomic mass is 79.9. The maximum absolute atomic E-state index is 13.3. The van der Waals surface area contributed by atoms with Gasteiger partial charge >= 0.3 is 0 Å². The molecular weight excluding hydrogens is 359 g/mol. The van der Waals surface area contributed by atoms with Gasteiger partial charge in [-0.2, -0.15) is 0 Å². The predicted molar refractivity (Wildman–Crippen MR) is 88.5 cm³/mol. The van der Waals surface area contributed by atoms with E-state index in [-0.39, 0.29) is 24.1 Å². The van der Waals surface area contributed by atoms with Crippen molar-refractivity contribution in [2.75, 3.05) is 26.2 Å². The Morgan fingerprint density at radius 1 is 1.43 bits per heavy atom. The number of hydrogen-bond acceptors (Lipinski definition) is 2. The zero-order valence-electron chi connectivity index (χ0n) is 12.1. The van der Waals surface area contributed by atoms with Gasteiger partial charge in [-0.25, -0.2) is 4.39 Å². The fraction of sp³-hybridized carbons (Fsp3) is 0.533. The fourth-order valence-electron chi connectivity index (χ4n) is 2.52. The second-order valence-corrected chi connectivity index (χ2v) is 6.02. The molecule has 0 radical (unpaired) electrons. The minimum atomic E-state index is -0.376. The van der Waals surface area contributed by atoms with Gasteiger partial charge in [-0.1, -0.05) is 6.92 Å². The third kappa shape index (κ3) is 4.94. The van der Waals surface area contributed by atoms with Crippen LogP contribution in [0.3, 0.4) is 0 Å². The number of halogens is 3. The Bertz CT molecular complexity index is 479. The first kappa shape index (κ1) is 18.4. The number of nitrogens with zero attached hydrogens (tertiary/aromatic N) is 1. The Hall–Kier alpha value is -0.650. The smallest absolute Gasteiger partial charge is 0.255 e. The van der Waals surface area contributed by atoms with E-state index in [4.69, 9.17) is 0 Å². The van der Waals surface area contributed by atoms with Gasteiger partial charge in [0.25, 0.3) is 5.91 Å². The Labute approximate surface area is 139 Å². The molecule has 3 nitrogen and oxygen atoms in total. The summed E-state index contributed by atoms with van der Waals surface area (Å²) in [5.74, 6) is 0.173. The molecule has 1 amide bonds. The molecule has 0 spiro atoms. The van der Waals surface area contributed by atoms with E-state index in [2.05, 4.69) is 28.2 Å². The Kier molecular flexibility index (Phi) is 7.63. The number of benzene rings is 1. The quantitative estimate of drug-likeness (QED) is 0.869. The van der Waals surface area contributed by atoms with Gasteiger partial charge in [-0.05, 0) is 66.0 Å². The van der Waals surface area contributed by atoms with Crippen molar-refractivity contribution in [1.29, 1.82) is 0 Å². The molecule has 0 unspecified atom stereocenters. The second-order valence-electron chi connectivity index (χ2n) is 5.17. The SMILES string of the molecule is CCNCC1CCN(C(=O)c2cc(F)ccc2Br)CC1.Cl. The van der Waals surface area contributed by atoms with Gasteiger partial charge in [0.2, 0.25) is 0 Å². The van der Waals surface area contributed by atoms with Crippen LogP contribution in [-0.4, -0.2) is 37.0 Å². The van der Waals surface area contributed by atoms with E-state index in [0.717, 1.165) is 39.0 Å². The molecule has 1 aliphatic rings. The lowest BCUT2D eigenvalue weighted by Crippen LogP contribution is -2.40. The van der Waals surface area contributed by atoms with E-state index in [9.17, 15) is 9.18 Å². The minimum absolute atomic E-state index is 0. The molecule has 1 heterocycles. The number of rotatable bonds is 4. The summed E-state index contributed by atoms with van der Waals surface area (Å²) in [7, 11) is 0. The average Bonchev–Trinajstić information content (AvgIpc) is 2.47. The number of carbonyl (C=O) groups excluding carboxylic acids is 1. The van der Waals surface area contributed by atoms with Crippen molar-refractivity contribution in [2.24, 2.45) is 5.92 Å². The lowest BCUT2D eigenvalue weighted by molar-refractivity contribution is 0.0689. The molecule has 0 atom stereocenters. The van der Waals surface area contributed by atoms with Crippen LogP contribution in [0.1, 0.15) is 30.1 Å². The lowest BCUT2D eigenvalue weighted by atomic mass is 9.96. The summed E-state index contributed by atoms with van der Waals surface area (Å²) in [6, 6.07) is 4.24. The van der Waals surface area contributed by atoms with Crippen LogP contribution >= 0.6 is 28.3 Å². The van der Waals surface area contributed by atoms with Crippen LogP contribution < -0.4 is 5.32 Å². The summed E-state index contributed by atoms with van der Waals surface area (Å²) in [5.41, 5.74) is 0.412. The van der Waals surface area contributed by atoms with Crippen LogP contribution in [0.4, 0.5) is 4.39 Å². The van der Waals surface area contributed by atoms with Crippen molar-refractivity contribution in [3.05, 3.63) is 34.1 Å². The molecule has 1 aliphatic heterocycles. The number of hydrogen-bond donors (Lipinski definition) is 1. The zero-order valence-corrected chi connectivity index (χ0v) is 14.5. The van der Waals surface area contributed by atoms with Crippen molar-refractivity contribution in [1.82, 2.24) is 10.2 Å². The molecule has 1 aromatic rings. The molecule has 0 bridgehead atoms. The Morgan fingerprint density at radius 2 is 2.10 bits per heavy atom. The Morgan fingerprint density at radius 3 is 2.71 bits per heavy atom. The third-order valence-electron chi connectivity index (χ3n) is 3.74. The van der Waals surface area contributed by atoms with E-state index >= 15 is 0 Å². The van der Waals surface area contributed by atoms with Crippen molar-refractivity contribution in [3.63, 3.8) is 0 Å². The molecule has 6 heteroatoms. The third-order valence-corrected chi connectivity index (χ3v) is 4.44. The number of likely N-dealkylation sites (tertiary alicyclic amines) is 1. The summed E-state index contributed by atoms with van der Waals surface area (Å²) in [4.78, 5) is 14.2. The largest absolute Gasteiger partial charge is 0.339 e. The van der Waals surface area contributed by atoms with Crippen molar-refractivity contribution in [2.45, 2.75) is 19.8 Å². The minimum Gasteiger partial charge on any atom is -0.339 e. The topological polar surface area (TPSA) is 32.3 Å². The predicted octanol–water partition coefficient (Wildman–Crippen LogP) is 3.47. The van der Waals surface area contributed by atoms with Gasteiger partial charge in [0.05, 0.1) is 5.56 Å².